The van der Waals surface area contributed by atoms with E-state index in [9.17, 15) is 18.0 Å². The minimum atomic E-state index is -3.83. The number of unbranched alkanes of at least 4 members (excludes halogenated alkanes) is 1. The van der Waals surface area contributed by atoms with Crippen LogP contribution in [-0.4, -0.2) is 57.1 Å². The summed E-state index contributed by atoms with van der Waals surface area (Å²) in [5.74, 6) is -0.168. The van der Waals surface area contributed by atoms with E-state index in [1.165, 1.54) is 4.90 Å². The Morgan fingerprint density at radius 1 is 0.927 bits per heavy atom. The third-order valence-electron chi connectivity index (χ3n) is 6.48. The maximum absolute atomic E-state index is 14.1. The molecule has 0 unspecified atom stereocenters. The summed E-state index contributed by atoms with van der Waals surface area (Å²) in [4.78, 5) is 29.2. The summed E-state index contributed by atoms with van der Waals surface area (Å²) in [6.07, 6.45) is 3.07. The largest absolute Gasteiger partial charge is 0.494 e. The van der Waals surface area contributed by atoms with Crippen LogP contribution < -0.4 is 14.4 Å². The minimum Gasteiger partial charge on any atom is -0.494 e. The van der Waals surface area contributed by atoms with Crippen molar-refractivity contribution in [3.63, 3.8) is 0 Å². The Hall–Kier alpha value is -3.37. The fourth-order valence-corrected chi connectivity index (χ4v) is 5.45. The van der Waals surface area contributed by atoms with Crippen molar-refractivity contribution in [2.45, 2.75) is 45.7 Å². The highest BCUT2D eigenvalue weighted by Crippen LogP contribution is 2.23. The average Bonchev–Trinajstić information content (AvgIpc) is 2.95. The number of carbonyl (C=O) groups is 2. The van der Waals surface area contributed by atoms with Crippen LogP contribution in [0.4, 0.5) is 5.69 Å². The number of rotatable bonds is 15. The highest BCUT2D eigenvalue weighted by atomic mass is 79.9. The van der Waals surface area contributed by atoms with Gasteiger partial charge in [-0.3, -0.25) is 13.9 Å². The van der Waals surface area contributed by atoms with Crippen LogP contribution in [0.5, 0.6) is 5.75 Å². The standard InChI is InChI=1S/C31H38BrN3O5S/c1-4-6-20-33-31(37)29(21-24-10-8-7-9-11-24)34(22-25-12-14-26(32)15-13-25)30(36)23-35(41(3,38)39)27-16-18-28(19-17-27)40-5-2/h7-19,29H,4-6,20-23H2,1-3H3,(H,33,37)/t29-/m1/s1. The van der Waals surface area contributed by atoms with Gasteiger partial charge in [-0.05, 0) is 60.9 Å². The highest BCUT2D eigenvalue weighted by Gasteiger charge is 2.33. The van der Waals surface area contributed by atoms with Crippen molar-refractivity contribution in [1.82, 2.24) is 10.2 Å². The Balaban J connectivity index is 2.00. The van der Waals surface area contributed by atoms with Crippen LogP contribution in [0.2, 0.25) is 0 Å². The number of nitrogens with one attached hydrogen (secondary N) is 1. The number of amides is 2. The Morgan fingerprint density at radius 3 is 2.17 bits per heavy atom. The lowest BCUT2D eigenvalue weighted by Gasteiger charge is -2.33. The molecule has 0 saturated carbocycles. The average molecular weight is 645 g/mol. The lowest BCUT2D eigenvalue weighted by atomic mass is 10.0. The molecule has 3 aromatic rings. The molecule has 10 heteroatoms. The van der Waals surface area contributed by atoms with Gasteiger partial charge in [-0.2, -0.15) is 0 Å². The van der Waals surface area contributed by atoms with E-state index in [1.807, 2.05) is 68.4 Å². The van der Waals surface area contributed by atoms with E-state index in [0.717, 1.165) is 39.0 Å². The zero-order valence-corrected chi connectivity index (χ0v) is 26.2. The summed E-state index contributed by atoms with van der Waals surface area (Å²) < 4.78 is 33.2. The number of benzene rings is 3. The molecule has 0 radical (unpaired) electrons. The van der Waals surface area contributed by atoms with Gasteiger partial charge in [0, 0.05) is 24.0 Å². The van der Waals surface area contributed by atoms with Gasteiger partial charge in [-0.25, -0.2) is 8.42 Å². The first-order valence-electron chi connectivity index (χ1n) is 13.7. The van der Waals surface area contributed by atoms with Crippen molar-refractivity contribution in [2.75, 3.05) is 30.3 Å². The maximum Gasteiger partial charge on any atom is 0.244 e. The quantitative estimate of drug-likeness (QED) is 0.231. The Morgan fingerprint density at radius 2 is 1.59 bits per heavy atom. The zero-order chi connectivity index (χ0) is 29.8. The first-order valence-corrected chi connectivity index (χ1v) is 16.3. The van der Waals surface area contributed by atoms with E-state index in [2.05, 4.69) is 21.2 Å². The van der Waals surface area contributed by atoms with E-state index in [4.69, 9.17) is 4.74 Å². The normalized spacial score (nSPS) is 11.9. The fourth-order valence-electron chi connectivity index (χ4n) is 4.34. The molecule has 0 aliphatic rings. The van der Waals surface area contributed by atoms with Gasteiger partial charge >= 0.3 is 0 Å². The van der Waals surface area contributed by atoms with Crippen LogP contribution in [0.15, 0.2) is 83.3 Å². The third-order valence-corrected chi connectivity index (χ3v) is 8.15. The molecule has 1 N–H and O–H groups in total. The van der Waals surface area contributed by atoms with Crippen LogP contribution >= 0.6 is 15.9 Å². The number of halogens is 1. The molecule has 0 aliphatic carbocycles. The Kier molecular flexibility index (Phi) is 12.2. The van der Waals surface area contributed by atoms with Gasteiger partial charge in [0.05, 0.1) is 18.6 Å². The monoisotopic (exact) mass is 643 g/mol. The summed E-state index contributed by atoms with van der Waals surface area (Å²) in [7, 11) is -3.83. The van der Waals surface area contributed by atoms with E-state index in [1.54, 1.807) is 24.3 Å². The molecule has 8 nitrogen and oxygen atoms in total. The van der Waals surface area contributed by atoms with Crippen molar-refractivity contribution in [1.29, 1.82) is 0 Å². The first-order chi connectivity index (χ1) is 19.6. The van der Waals surface area contributed by atoms with E-state index >= 15 is 0 Å². The number of anilines is 1. The number of sulfonamides is 1. The van der Waals surface area contributed by atoms with Crippen LogP contribution in [-0.2, 0) is 32.6 Å². The summed E-state index contributed by atoms with van der Waals surface area (Å²) in [5, 5.41) is 2.98. The molecule has 0 saturated heterocycles. The van der Waals surface area contributed by atoms with Crippen molar-refractivity contribution in [2.24, 2.45) is 0 Å². The lowest BCUT2D eigenvalue weighted by molar-refractivity contribution is -0.140. The molecule has 2 amide bonds. The van der Waals surface area contributed by atoms with Gasteiger partial charge in [0.2, 0.25) is 21.8 Å². The summed E-state index contributed by atoms with van der Waals surface area (Å²) in [5.41, 5.74) is 2.04. The van der Waals surface area contributed by atoms with Crippen LogP contribution in [0.3, 0.4) is 0 Å². The van der Waals surface area contributed by atoms with Gasteiger partial charge in [0.25, 0.3) is 0 Å². The molecule has 1 atom stereocenters. The SMILES string of the molecule is CCCCNC(=O)[C@@H](Cc1ccccc1)N(Cc1ccc(Br)cc1)C(=O)CN(c1ccc(OCC)cc1)S(C)(=O)=O. The maximum atomic E-state index is 14.1. The molecule has 0 heterocycles. The molecule has 0 spiro atoms. The van der Waals surface area contributed by atoms with Gasteiger partial charge in [0.1, 0.15) is 18.3 Å². The van der Waals surface area contributed by atoms with Crippen molar-refractivity contribution in [3.8, 4) is 5.75 Å². The molecule has 0 bridgehead atoms. The van der Waals surface area contributed by atoms with Gasteiger partial charge in [0.15, 0.2) is 0 Å². The van der Waals surface area contributed by atoms with Crippen molar-refractivity contribution in [3.05, 3.63) is 94.5 Å². The van der Waals surface area contributed by atoms with Crippen molar-refractivity contribution < 1.29 is 22.7 Å². The second-order valence-electron chi connectivity index (χ2n) is 9.69. The second-order valence-corrected chi connectivity index (χ2v) is 12.5. The highest BCUT2D eigenvalue weighted by molar-refractivity contribution is 9.10. The smallest absolute Gasteiger partial charge is 0.244 e. The molecule has 3 aromatic carbocycles. The van der Waals surface area contributed by atoms with Gasteiger partial charge in [-0.1, -0.05) is 71.7 Å². The number of nitrogens with zero attached hydrogens (tertiary/aromatic N) is 2. The molecule has 220 valence electrons. The van der Waals surface area contributed by atoms with Crippen LogP contribution in [0.25, 0.3) is 0 Å². The topological polar surface area (TPSA) is 96.0 Å². The molecular weight excluding hydrogens is 606 g/mol. The van der Waals surface area contributed by atoms with Gasteiger partial charge < -0.3 is 15.0 Å². The number of hydrogen-bond donors (Lipinski definition) is 1. The van der Waals surface area contributed by atoms with Crippen LogP contribution in [0.1, 0.15) is 37.8 Å². The molecular formula is C31H38BrN3O5S. The van der Waals surface area contributed by atoms with Crippen LogP contribution in [0, 0.1) is 0 Å². The molecule has 3 rings (SSSR count). The van der Waals surface area contributed by atoms with Crippen molar-refractivity contribution >= 4 is 43.5 Å². The Bertz CT molecular complexity index is 1370. The second kappa shape index (κ2) is 15.6. The van der Waals surface area contributed by atoms with E-state index in [0.29, 0.717) is 24.6 Å². The Labute approximate surface area is 251 Å². The molecule has 0 aromatic heterocycles. The summed E-state index contributed by atoms with van der Waals surface area (Å²) in [6, 6.07) is 22.7. The zero-order valence-electron chi connectivity index (χ0n) is 23.8. The van der Waals surface area contributed by atoms with Gasteiger partial charge in [-0.15, -0.1) is 0 Å². The summed E-state index contributed by atoms with van der Waals surface area (Å²) in [6.45, 7) is 4.53. The van der Waals surface area contributed by atoms with E-state index in [-0.39, 0.29) is 18.9 Å². The first kappa shape index (κ1) is 32.1. The number of ether oxygens (including phenoxy) is 1. The third kappa shape index (κ3) is 9.89. The predicted octanol–water partition coefficient (Wildman–Crippen LogP) is 5.17. The van der Waals surface area contributed by atoms with E-state index < -0.39 is 28.5 Å². The minimum absolute atomic E-state index is 0.131. The summed E-state index contributed by atoms with van der Waals surface area (Å²) >= 11 is 3.44. The number of hydrogen-bond acceptors (Lipinski definition) is 5. The number of carbonyl (C=O) groups excluding carboxylic acids is 2. The molecule has 0 fully saturated rings. The lowest BCUT2D eigenvalue weighted by Crippen LogP contribution is -2.53. The molecule has 41 heavy (non-hydrogen) atoms. The fraction of sp³-hybridized carbons (Fsp3) is 0.355. The predicted molar refractivity (Wildman–Crippen MR) is 166 cm³/mol. The molecule has 0 aliphatic heterocycles.